The van der Waals surface area contributed by atoms with Gasteiger partial charge >= 0.3 is 0 Å². The lowest BCUT2D eigenvalue weighted by Crippen LogP contribution is -2.42. The zero-order valence-corrected chi connectivity index (χ0v) is 10.9. The molecule has 0 radical (unpaired) electrons. The van der Waals surface area contributed by atoms with E-state index in [2.05, 4.69) is 19.2 Å². The van der Waals surface area contributed by atoms with Gasteiger partial charge in [0.05, 0.1) is 5.92 Å². The van der Waals surface area contributed by atoms with Crippen LogP contribution in [-0.4, -0.2) is 48.7 Å². The number of piperidine rings is 1. The molecule has 1 amide bonds. The van der Waals surface area contributed by atoms with Crippen LogP contribution in [0.25, 0.3) is 0 Å². The molecule has 0 spiro atoms. The first-order chi connectivity index (χ1) is 8.04. The van der Waals surface area contributed by atoms with Gasteiger partial charge in [0.15, 0.2) is 0 Å². The van der Waals surface area contributed by atoms with Gasteiger partial charge < -0.3 is 15.3 Å². The Morgan fingerprint density at radius 1 is 1.53 bits per heavy atom. The number of aliphatic hydroxyl groups is 1. The lowest BCUT2D eigenvalue weighted by molar-refractivity contribution is -0.135. The third-order valence-corrected chi connectivity index (χ3v) is 4.32. The largest absolute Gasteiger partial charge is 0.396 e. The molecule has 17 heavy (non-hydrogen) atoms. The van der Waals surface area contributed by atoms with Gasteiger partial charge in [-0.15, -0.1) is 0 Å². The third kappa shape index (κ3) is 2.63. The molecule has 0 bridgehead atoms. The number of carbonyl (C=O) groups is 1. The average Bonchev–Trinajstić information content (AvgIpc) is 2.64. The summed E-state index contributed by atoms with van der Waals surface area (Å²) in [4.78, 5) is 14.3. The second-order valence-electron chi connectivity index (χ2n) is 6.13. The summed E-state index contributed by atoms with van der Waals surface area (Å²) in [6.07, 6.45) is 2.10. The lowest BCUT2D eigenvalue weighted by Gasteiger charge is -2.27. The second kappa shape index (κ2) is 4.94. The molecule has 2 N–H and O–H groups in total. The van der Waals surface area contributed by atoms with E-state index in [-0.39, 0.29) is 29.8 Å². The molecule has 2 aliphatic rings. The van der Waals surface area contributed by atoms with Gasteiger partial charge in [0, 0.05) is 32.2 Å². The minimum atomic E-state index is 0.0481. The Balaban J connectivity index is 1.97. The van der Waals surface area contributed by atoms with Crippen LogP contribution in [0.15, 0.2) is 0 Å². The molecule has 2 rings (SSSR count). The highest BCUT2D eigenvalue weighted by Crippen LogP contribution is 2.35. The van der Waals surface area contributed by atoms with E-state index in [9.17, 15) is 9.90 Å². The molecule has 2 atom stereocenters. The van der Waals surface area contributed by atoms with E-state index in [0.29, 0.717) is 0 Å². The molecule has 0 aromatic heterocycles. The Morgan fingerprint density at radius 3 is 2.82 bits per heavy atom. The maximum absolute atomic E-state index is 12.4. The summed E-state index contributed by atoms with van der Waals surface area (Å²) in [6.45, 7) is 7.82. The van der Waals surface area contributed by atoms with Crippen molar-refractivity contribution in [3.8, 4) is 0 Å². The summed E-state index contributed by atoms with van der Waals surface area (Å²) in [5, 5.41) is 12.6. The number of amides is 1. The van der Waals surface area contributed by atoms with Crippen LogP contribution >= 0.6 is 0 Å². The minimum Gasteiger partial charge on any atom is -0.396 e. The predicted octanol–water partition coefficient (Wildman–Crippen LogP) is 0.463. The number of hydrogen-bond donors (Lipinski definition) is 2. The van der Waals surface area contributed by atoms with E-state index in [0.717, 1.165) is 39.0 Å². The zero-order chi connectivity index (χ0) is 12.5. The number of carbonyl (C=O) groups excluding carboxylic acids is 1. The molecule has 4 heteroatoms. The molecule has 2 saturated heterocycles. The van der Waals surface area contributed by atoms with Crippen LogP contribution in [0.3, 0.4) is 0 Å². The third-order valence-electron chi connectivity index (χ3n) is 4.32. The van der Waals surface area contributed by atoms with Crippen LogP contribution in [0, 0.1) is 17.3 Å². The highest BCUT2D eigenvalue weighted by atomic mass is 16.3. The number of rotatable bonds is 2. The van der Waals surface area contributed by atoms with Crippen molar-refractivity contribution in [1.29, 1.82) is 0 Å². The summed E-state index contributed by atoms with van der Waals surface area (Å²) < 4.78 is 0. The van der Waals surface area contributed by atoms with Crippen molar-refractivity contribution in [2.45, 2.75) is 26.7 Å². The number of hydrogen-bond acceptors (Lipinski definition) is 3. The predicted molar refractivity (Wildman–Crippen MR) is 66.5 cm³/mol. The fraction of sp³-hybridized carbons (Fsp3) is 0.923. The summed E-state index contributed by atoms with van der Waals surface area (Å²) in [7, 11) is 0. The average molecular weight is 240 g/mol. The standard InChI is InChI=1S/C13H24N2O2/c1-13(2)9-15(7-11(13)8-16)12(17)10-4-3-5-14-6-10/h10-11,14,16H,3-9H2,1-2H3/t10-,11-/m0/s1. The van der Waals surface area contributed by atoms with Gasteiger partial charge in [-0.3, -0.25) is 4.79 Å². The van der Waals surface area contributed by atoms with Gasteiger partial charge in [-0.2, -0.15) is 0 Å². The molecule has 4 nitrogen and oxygen atoms in total. The summed E-state index contributed by atoms with van der Waals surface area (Å²) in [5.74, 6) is 0.654. The van der Waals surface area contributed by atoms with Gasteiger partial charge in [0.25, 0.3) is 0 Å². The first-order valence-electron chi connectivity index (χ1n) is 6.65. The quantitative estimate of drug-likeness (QED) is 0.737. The van der Waals surface area contributed by atoms with Crippen molar-refractivity contribution in [2.24, 2.45) is 17.3 Å². The molecular formula is C13H24N2O2. The topological polar surface area (TPSA) is 52.6 Å². The van der Waals surface area contributed by atoms with Gasteiger partial charge in [-0.1, -0.05) is 13.8 Å². The summed E-state index contributed by atoms with van der Waals surface area (Å²) >= 11 is 0. The van der Waals surface area contributed by atoms with Crippen molar-refractivity contribution >= 4 is 5.91 Å². The highest BCUT2D eigenvalue weighted by Gasteiger charge is 2.42. The molecule has 0 saturated carbocycles. The molecular weight excluding hydrogens is 216 g/mol. The molecule has 2 heterocycles. The summed E-state index contributed by atoms with van der Waals surface area (Å²) in [5.41, 5.74) is 0.0481. The van der Waals surface area contributed by atoms with E-state index in [1.807, 2.05) is 4.90 Å². The van der Waals surface area contributed by atoms with Crippen molar-refractivity contribution in [3.63, 3.8) is 0 Å². The molecule has 0 unspecified atom stereocenters. The van der Waals surface area contributed by atoms with Crippen molar-refractivity contribution in [2.75, 3.05) is 32.8 Å². The molecule has 2 fully saturated rings. The Morgan fingerprint density at radius 2 is 2.29 bits per heavy atom. The molecule has 98 valence electrons. The Bertz CT molecular complexity index is 285. The Hall–Kier alpha value is -0.610. The number of likely N-dealkylation sites (tertiary alicyclic amines) is 1. The van der Waals surface area contributed by atoms with Crippen molar-refractivity contribution < 1.29 is 9.90 Å². The fourth-order valence-corrected chi connectivity index (χ4v) is 2.99. The number of aliphatic hydroxyl groups excluding tert-OH is 1. The van der Waals surface area contributed by atoms with E-state index >= 15 is 0 Å². The normalized spacial score (nSPS) is 32.8. The second-order valence-corrected chi connectivity index (χ2v) is 6.13. The van der Waals surface area contributed by atoms with Crippen LogP contribution in [0.1, 0.15) is 26.7 Å². The van der Waals surface area contributed by atoms with Crippen molar-refractivity contribution in [1.82, 2.24) is 10.2 Å². The lowest BCUT2D eigenvalue weighted by atomic mass is 9.83. The van der Waals surface area contributed by atoms with Crippen LogP contribution in [0.2, 0.25) is 0 Å². The maximum Gasteiger partial charge on any atom is 0.226 e. The smallest absolute Gasteiger partial charge is 0.226 e. The SMILES string of the molecule is CC1(C)CN(C(=O)[C@H]2CCCNC2)C[C@H]1CO. The number of nitrogens with one attached hydrogen (secondary N) is 1. The zero-order valence-electron chi connectivity index (χ0n) is 10.9. The van der Waals surface area contributed by atoms with Crippen molar-refractivity contribution in [3.05, 3.63) is 0 Å². The molecule has 0 aromatic carbocycles. The van der Waals surface area contributed by atoms with Gasteiger partial charge in [-0.25, -0.2) is 0 Å². The van der Waals surface area contributed by atoms with Gasteiger partial charge in [-0.05, 0) is 24.8 Å². The van der Waals surface area contributed by atoms with Crippen LogP contribution in [0.5, 0.6) is 0 Å². The molecule has 0 aromatic rings. The van der Waals surface area contributed by atoms with Gasteiger partial charge in [0.2, 0.25) is 5.91 Å². The van der Waals surface area contributed by atoms with E-state index in [4.69, 9.17) is 0 Å². The van der Waals surface area contributed by atoms with Gasteiger partial charge in [0.1, 0.15) is 0 Å². The fourth-order valence-electron chi connectivity index (χ4n) is 2.99. The van der Waals surface area contributed by atoms with Crippen LogP contribution < -0.4 is 5.32 Å². The Labute approximate surface area is 103 Å². The van der Waals surface area contributed by atoms with E-state index in [1.54, 1.807) is 0 Å². The monoisotopic (exact) mass is 240 g/mol. The molecule has 2 aliphatic heterocycles. The van der Waals surface area contributed by atoms with Crippen LogP contribution in [-0.2, 0) is 4.79 Å². The molecule has 0 aliphatic carbocycles. The van der Waals surface area contributed by atoms with E-state index < -0.39 is 0 Å². The summed E-state index contributed by atoms with van der Waals surface area (Å²) in [6, 6.07) is 0. The number of nitrogens with zero attached hydrogens (tertiary/aromatic N) is 1. The first-order valence-corrected chi connectivity index (χ1v) is 6.65. The van der Waals surface area contributed by atoms with E-state index in [1.165, 1.54) is 0 Å². The highest BCUT2D eigenvalue weighted by molar-refractivity contribution is 5.79. The Kier molecular flexibility index (Phi) is 3.73. The maximum atomic E-state index is 12.4. The van der Waals surface area contributed by atoms with Crippen LogP contribution in [0.4, 0.5) is 0 Å². The minimum absolute atomic E-state index is 0.0481. The first kappa shape index (κ1) is 12.8.